The number of nitrogens with zero attached hydrogens (tertiary/aromatic N) is 1. The van der Waals surface area contributed by atoms with Crippen LogP contribution in [0.1, 0.15) is 24.2 Å². The second-order valence-corrected chi connectivity index (χ2v) is 5.68. The maximum absolute atomic E-state index is 13.7. The molecule has 0 saturated carbocycles. The van der Waals surface area contributed by atoms with Gasteiger partial charge in [0.1, 0.15) is 11.6 Å². The molecule has 0 radical (unpaired) electrons. The number of nitrogens with one attached hydrogen (secondary N) is 2. The van der Waals surface area contributed by atoms with Crippen LogP contribution in [0.25, 0.3) is 0 Å². The van der Waals surface area contributed by atoms with Gasteiger partial charge in [-0.25, -0.2) is 9.37 Å². The first-order valence-corrected chi connectivity index (χ1v) is 6.90. The predicted octanol–water partition coefficient (Wildman–Crippen LogP) is 2.43. The number of amides is 1. The average molecular weight is 302 g/mol. The summed E-state index contributed by atoms with van der Waals surface area (Å²) in [6.45, 7) is 3.95. The molecule has 0 saturated heterocycles. The van der Waals surface area contributed by atoms with Gasteiger partial charge in [0, 0.05) is 18.3 Å². The van der Waals surface area contributed by atoms with Gasteiger partial charge in [-0.3, -0.25) is 4.79 Å². The van der Waals surface area contributed by atoms with Crippen molar-refractivity contribution in [2.75, 3.05) is 11.9 Å². The van der Waals surface area contributed by atoms with Gasteiger partial charge in [-0.1, -0.05) is 12.1 Å². The Morgan fingerprint density at radius 3 is 2.68 bits per heavy atom. The number of halogens is 1. The molecule has 116 valence electrons. The van der Waals surface area contributed by atoms with Crippen molar-refractivity contribution in [3.63, 3.8) is 0 Å². The number of benzene rings is 1. The second-order valence-electron chi connectivity index (χ2n) is 5.68. The Morgan fingerprint density at radius 1 is 1.27 bits per heavy atom. The van der Waals surface area contributed by atoms with Crippen molar-refractivity contribution in [2.24, 2.45) is 5.73 Å². The molecular formula is C16H19FN4O. The fraction of sp³-hybridized carbons (Fsp3) is 0.250. The number of rotatable bonds is 5. The molecule has 6 heteroatoms. The van der Waals surface area contributed by atoms with Crippen molar-refractivity contribution >= 4 is 17.4 Å². The quantitative estimate of drug-likeness (QED) is 0.792. The van der Waals surface area contributed by atoms with Crippen molar-refractivity contribution in [3.8, 4) is 0 Å². The summed E-state index contributed by atoms with van der Waals surface area (Å²) in [5.74, 6) is -0.437. The molecule has 1 aromatic heterocycles. The molecule has 0 bridgehead atoms. The number of aromatic nitrogens is 1. The van der Waals surface area contributed by atoms with Crippen LogP contribution in [0.15, 0.2) is 42.6 Å². The van der Waals surface area contributed by atoms with Crippen LogP contribution in [0.3, 0.4) is 0 Å². The minimum atomic E-state index is -0.517. The third-order valence-electron chi connectivity index (χ3n) is 2.88. The lowest BCUT2D eigenvalue weighted by Crippen LogP contribution is -2.45. The highest BCUT2D eigenvalue weighted by atomic mass is 19.1. The van der Waals surface area contributed by atoms with E-state index in [2.05, 4.69) is 15.6 Å². The summed E-state index contributed by atoms with van der Waals surface area (Å²) >= 11 is 0. The van der Waals surface area contributed by atoms with E-state index in [4.69, 9.17) is 5.73 Å². The van der Waals surface area contributed by atoms with Crippen molar-refractivity contribution in [1.29, 1.82) is 0 Å². The summed E-state index contributed by atoms with van der Waals surface area (Å²) < 4.78 is 13.7. The molecule has 0 atom stereocenters. The lowest BCUT2D eigenvalue weighted by Gasteiger charge is -2.19. The largest absolute Gasteiger partial charge is 0.350 e. The SMILES string of the molecule is CC(C)(N)CNC(=O)c1cccnc1Nc1ccccc1F. The van der Waals surface area contributed by atoms with Crippen molar-refractivity contribution < 1.29 is 9.18 Å². The lowest BCUT2D eigenvalue weighted by molar-refractivity contribution is 0.0946. The lowest BCUT2D eigenvalue weighted by atomic mass is 10.1. The molecule has 0 unspecified atom stereocenters. The van der Waals surface area contributed by atoms with Gasteiger partial charge < -0.3 is 16.4 Å². The molecule has 22 heavy (non-hydrogen) atoms. The topological polar surface area (TPSA) is 80.0 Å². The third kappa shape index (κ3) is 4.26. The molecule has 4 N–H and O–H groups in total. The van der Waals surface area contributed by atoms with Gasteiger partial charge >= 0.3 is 0 Å². The Balaban J connectivity index is 2.20. The van der Waals surface area contributed by atoms with Crippen LogP contribution in [0.5, 0.6) is 0 Å². The summed E-state index contributed by atoms with van der Waals surface area (Å²) in [6.07, 6.45) is 1.53. The smallest absolute Gasteiger partial charge is 0.255 e. The number of anilines is 2. The van der Waals surface area contributed by atoms with E-state index in [-0.39, 0.29) is 11.6 Å². The van der Waals surface area contributed by atoms with Crippen molar-refractivity contribution in [1.82, 2.24) is 10.3 Å². The molecule has 0 spiro atoms. The molecule has 5 nitrogen and oxygen atoms in total. The van der Waals surface area contributed by atoms with Crippen LogP contribution in [0.2, 0.25) is 0 Å². The van der Waals surface area contributed by atoms with Crippen LogP contribution in [0.4, 0.5) is 15.9 Å². The fourth-order valence-corrected chi connectivity index (χ4v) is 1.78. The second kappa shape index (κ2) is 6.53. The number of para-hydroxylation sites is 1. The Hall–Kier alpha value is -2.47. The molecule has 0 aliphatic heterocycles. The summed E-state index contributed by atoms with van der Waals surface area (Å²) in [4.78, 5) is 16.4. The van der Waals surface area contributed by atoms with E-state index >= 15 is 0 Å². The van der Waals surface area contributed by atoms with Gasteiger partial charge in [-0.05, 0) is 38.1 Å². The highest BCUT2D eigenvalue weighted by Gasteiger charge is 2.17. The van der Waals surface area contributed by atoms with Gasteiger partial charge in [0.2, 0.25) is 0 Å². The Bertz CT molecular complexity index is 667. The monoisotopic (exact) mass is 302 g/mol. The molecule has 0 fully saturated rings. The molecule has 1 amide bonds. The molecule has 2 aromatic rings. The van der Waals surface area contributed by atoms with E-state index < -0.39 is 11.4 Å². The van der Waals surface area contributed by atoms with Gasteiger partial charge in [-0.15, -0.1) is 0 Å². The zero-order valence-corrected chi connectivity index (χ0v) is 12.6. The molecular weight excluding hydrogens is 283 g/mol. The molecule has 1 heterocycles. The highest BCUT2D eigenvalue weighted by Crippen LogP contribution is 2.20. The third-order valence-corrected chi connectivity index (χ3v) is 2.88. The van der Waals surface area contributed by atoms with Crippen molar-refractivity contribution in [3.05, 3.63) is 54.0 Å². The molecule has 2 rings (SSSR count). The van der Waals surface area contributed by atoms with Crippen LogP contribution in [-0.4, -0.2) is 23.0 Å². The Kier molecular flexibility index (Phi) is 4.72. The van der Waals surface area contributed by atoms with E-state index in [1.165, 1.54) is 12.3 Å². The summed E-state index contributed by atoms with van der Waals surface area (Å²) in [7, 11) is 0. The van der Waals surface area contributed by atoms with E-state index in [1.807, 2.05) is 13.8 Å². The van der Waals surface area contributed by atoms with E-state index in [9.17, 15) is 9.18 Å². The number of nitrogens with two attached hydrogens (primary N) is 1. The number of carbonyl (C=O) groups excluding carboxylic acids is 1. The molecule has 1 aromatic carbocycles. The minimum Gasteiger partial charge on any atom is -0.350 e. The zero-order chi connectivity index (χ0) is 16.2. The van der Waals surface area contributed by atoms with Crippen LogP contribution in [0, 0.1) is 5.82 Å². The van der Waals surface area contributed by atoms with Gasteiger partial charge in [0.05, 0.1) is 11.3 Å². The minimum absolute atomic E-state index is 0.259. The van der Waals surface area contributed by atoms with Crippen molar-refractivity contribution in [2.45, 2.75) is 19.4 Å². The number of hydrogen-bond acceptors (Lipinski definition) is 4. The summed E-state index contributed by atoms with van der Waals surface area (Å²) in [6, 6.07) is 9.47. The maximum Gasteiger partial charge on any atom is 0.255 e. The normalized spacial score (nSPS) is 11.1. The highest BCUT2D eigenvalue weighted by molar-refractivity contribution is 5.99. The standard InChI is InChI=1S/C16H19FN4O/c1-16(2,18)10-20-15(22)11-6-5-9-19-14(11)21-13-8-4-3-7-12(13)17/h3-9H,10,18H2,1-2H3,(H,19,21)(H,20,22). The van der Waals surface area contributed by atoms with Gasteiger partial charge in [0.25, 0.3) is 5.91 Å². The van der Waals surface area contributed by atoms with Crippen LogP contribution >= 0.6 is 0 Å². The zero-order valence-electron chi connectivity index (χ0n) is 12.6. The molecule has 0 aliphatic rings. The van der Waals surface area contributed by atoms with Crippen LogP contribution in [-0.2, 0) is 0 Å². The first-order chi connectivity index (χ1) is 10.4. The Morgan fingerprint density at radius 2 is 2.00 bits per heavy atom. The first kappa shape index (κ1) is 15.9. The molecule has 0 aliphatic carbocycles. The summed E-state index contributed by atoms with van der Waals surface area (Å²) in [5.41, 5.74) is 5.92. The fourth-order valence-electron chi connectivity index (χ4n) is 1.78. The van der Waals surface area contributed by atoms with E-state index in [0.717, 1.165) is 0 Å². The number of carbonyl (C=O) groups is 1. The summed E-state index contributed by atoms with van der Waals surface area (Å²) in [5, 5.41) is 5.58. The van der Waals surface area contributed by atoms with Crippen LogP contribution < -0.4 is 16.4 Å². The maximum atomic E-state index is 13.7. The Labute approximate surface area is 128 Å². The van der Waals surface area contributed by atoms with Gasteiger partial charge in [-0.2, -0.15) is 0 Å². The van der Waals surface area contributed by atoms with E-state index in [0.29, 0.717) is 17.9 Å². The average Bonchev–Trinajstić information content (AvgIpc) is 2.47. The number of hydrogen-bond donors (Lipinski definition) is 3. The first-order valence-electron chi connectivity index (χ1n) is 6.90. The number of pyridine rings is 1. The van der Waals surface area contributed by atoms with Gasteiger partial charge in [0.15, 0.2) is 0 Å². The predicted molar refractivity (Wildman–Crippen MR) is 84.5 cm³/mol. The van der Waals surface area contributed by atoms with E-state index in [1.54, 1.807) is 30.3 Å².